The van der Waals surface area contributed by atoms with Gasteiger partial charge in [-0.05, 0) is 40.2 Å². The van der Waals surface area contributed by atoms with Crippen molar-refractivity contribution < 1.29 is 19.4 Å². The van der Waals surface area contributed by atoms with E-state index in [1.807, 2.05) is 20.8 Å². The molecule has 2 heterocycles. The van der Waals surface area contributed by atoms with Crippen LogP contribution < -0.4 is 5.32 Å². The number of hydrogen-bond donors (Lipinski definition) is 2. The van der Waals surface area contributed by atoms with Crippen LogP contribution in [0, 0.1) is 5.41 Å². The highest BCUT2D eigenvalue weighted by molar-refractivity contribution is 5.78. The molecule has 6 heteroatoms. The van der Waals surface area contributed by atoms with E-state index in [4.69, 9.17) is 4.74 Å². The predicted molar refractivity (Wildman–Crippen MR) is 68.9 cm³/mol. The minimum atomic E-state index is -0.852. The van der Waals surface area contributed by atoms with E-state index in [-0.39, 0.29) is 12.6 Å². The molecule has 0 aromatic carbocycles. The Morgan fingerprint density at radius 3 is 2.68 bits per heavy atom. The number of aliphatic carboxylic acids is 1. The van der Waals surface area contributed by atoms with E-state index in [0.29, 0.717) is 25.9 Å². The van der Waals surface area contributed by atoms with Crippen molar-refractivity contribution in [1.82, 2.24) is 10.2 Å². The largest absolute Gasteiger partial charge is 0.481 e. The van der Waals surface area contributed by atoms with Crippen molar-refractivity contribution in [3.8, 4) is 0 Å². The van der Waals surface area contributed by atoms with Crippen LogP contribution in [0.4, 0.5) is 4.79 Å². The number of hydrogen-bond acceptors (Lipinski definition) is 4. The summed E-state index contributed by atoms with van der Waals surface area (Å²) >= 11 is 0. The molecule has 2 fully saturated rings. The summed E-state index contributed by atoms with van der Waals surface area (Å²) in [6, 6.07) is -0.0383. The molecule has 0 radical (unpaired) electrons. The molecule has 2 atom stereocenters. The van der Waals surface area contributed by atoms with Crippen molar-refractivity contribution in [2.24, 2.45) is 5.41 Å². The number of carbonyl (C=O) groups is 2. The molecule has 0 aromatic heterocycles. The minimum absolute atomic E-state index is 0.0383. The maximum Gasteiger partial charge on any atom is 0.410 e. The van der Waals surface area contributed by atoms with Gasteiger partial charge in [0.15, 0.2) is 0 Å². The van der Waals surface area contributed by atoms with Crippen LogP contribution in [-0.2, 0) is 9.53 Å². The lowest BCUT2D eigenvalue weighted by Gasteiger charge is -2.41. The smallest absolute Gasteiger partial charge is 0.410 e. The number of amides is 1. The Balaban J connectivity index is 2.10. The average molecular weight is 270 g/mol. The molecule has 2 N–H and O–H groups in total. The number of nitrogens with zero attached hydrogens (tertiary/aromatic N) is 1. The summed E-state index contributed by atoms with van der Waals surface area (Å²) in [7, 11) is 0. The maximum absolute atomic E-state index is 12.1. The van der Waals surface area contributed by atoms with Crippen molar-refractivity contribution in [2.45, 2.75) is 45.3 Å². The van der Waals surface area contributed by atoms with E-state index >= 15 is 0 Å². The quantitative estimate of drug-likeness (QED) is 0.745. The fraction of sp³-hybridized carbons (Fsp3) is 0.846. The van der Waals surface area contributed by atoms with Crippen LogP contribution in [0.25, 0.3) is 0 Å². The number of rotatable bonds is 1. The number of nitrogens with one attached hydrogen (secondary N) is 1. The lowest BCUT2D eigenvalue weighted by atomic mass is 9.76. The van der Waals surface area contributed by atoms with Crippen LogP contribution in [-0.4, -0.2) is 53.3 Å². The van der Waals surface area contributed by atoms with Gasteiger partial charge in [-0.2, -0.15) is 0 Å². The van der Waals surface area contributed by atoms with Crippen molar-refractivity contribution >= 4 is 12.1 Å². The highest BCUT2D eigenvalue weighted by Crippen LogP contribution is 2.38. The van der Waals surface area contributed by atoms with E-state index < -0.39 is 23.1 Å². The Kier molecular flexibility index (Phi) is 3.47. The van der Waals surface area contributed by atoms with Gasteiger partial charge in [0.05, 0.1) is 0 Å². The Labute approximate surface area is 113 Å². The molecule has 6 nitrogen and oxygen atoms in total. The van der Waals surface area contributed by atoms with Gasteiger partial charge in [-0.25, -0.2) is 4.79 Å². The second kappa shape index (κ2) is 4.67. The summed E-state index contributed by atoms with van der Waals surface area (Å²) in [5.74, 6) is -0.823. The van der Waals surface area contributed by atoms with E-state index in [2.05, 4.69) is 5.32 Å². The first-order chi connectivity index (χ1) is 8.74. The van der Waals surface area contributed by atoms with Crippen LogP contribution in [0.15, 0.2) is 0 Å². The van der Waals surface area contributed by atoms with Crippen molar-refractivity contribution in [3.63, 3.8) is 0 Å². The molecule has 2 unspecified atom stereocenters. The van der Waals surface area contributed by atoms with Gasteiger partial charge in [-0.1, -0.05) is 0 Å². The zero-order chi connectivity index (χ0) is 14.3. The van der Waals surface area contributed by atoms with Crippen LogP contribution >= 0.6 is 0 Å². The summed E-state index contributed by atoms with van der Waals surface area (Å²) in [6.45, 7) is 6.89. The molecule has 0 spiro atoms. The van der Waals surface area contributed by atoms with Crippen LogP contribution in [0.1, 0.15) is 33.6 Å². The molecular formula is C13H22N2O4. The second-order valence-electron chi connectivity index (χ2n) is 6.41. The number of carboxylic acid groups (broad SMARTS) is 1. The van der Waals surface area contributed by atoms with E-state index in [1.165, 1.54) is 4.90 Å². The third-order valence-electron chi connectivity index (χ3n) is 3.87. The first kappa shape index (κ1) is 14.1. The summed E-state index contributed by atoms with van der Waals surface area (Å²) in [4.78, 5) is 25.2. The molecule has 0 bridgehead atoms. The summed E-state index contributed by atoms with van der Waals surface area (Å²) in [5.41, 5.74) is -1.41. The van der Waals surface area contributed by atoms with E-state index in [1.54, 1.807) is 0 Å². The Hall–Kier alpha value is -1.30. The summed E-state index contributed by atoms with van der Waals surface area (Å²) in [5, 5.41) is 12.7. The molecule has 0 aliphatic carbocycles. The monoisotopic (exact) mass is 270 g/mol. The van der Waals surface area contributed by atoms with Gasteiger partial charge >= 0.3 is 12.1 Å². The zero-order valence-electron chi connectivity index (χ0n) is 11.7. The van der Waals surface area contributed by atoms with Gasteiger partial charge in [-0.15, -0.1) is 0 Å². The zero-order valence-corrected chi connectivity index (χ0v) is 11.7. The normalized spacial score (nSPS) is 30.9. The number of piperidine rings is 1. The molecule has 2 rings (SSSR count). The van der Waals surface area contributed by atoms with Gasteiger partial charge < -0.3 is 20.1 Å². The Morgan fingerprint density at radius 2 is 2.11 bits per heavy atom. The number of carbonyl (C=O) groups excluding carboxylic acids is 1. The summed E-state index contributed by atoms with van der Waals surface area (Å²) < 4.78 is 5.32. The molecule has 2 aliphatic rings. The maximum atomic E-state index is 12.1. The molecule has 2 aliphatic heterocycles. The third kappa shape index (κ3) is 2.68. The average Bonchev–Trinajstić information content (AvgIpc) is 2.70. The minimum Gasteiger partial charge on any atom is -0.481 e. The Morgan fingerprint density at radius 1 is 1.42 bits per heavy atom. The third-order valence-corrected chi connectivity index (χ3v) is 3.87. The fourth-order valence-electron chi connectivity index (χ4n) is 2.92. The molecule has 108 valence electrons. The second-order valence-corrected chi connectivity index (χ2v) is 6.41. The fourth-order valence-corrected chi connectivity index (χ4v) is 2.92. The predicted octanol–water partition coefficient (Wildman–Crippen LogP) is 1.06. The lowest BCUT2D eigenvalue weighted by molar-refractivity contribution is -0.152. The van der Waals surface area contributed by atoms with E-state index in [0.717, 1.165) is 0 Å². The molecule has 2 saturated heterocycles. The van der Waals surface area contributed by atoms with Crippen molar-refractivity contribution in [2.75, 3.05) is 19.6 Å². The van der Waals surface area contributed by atoms with E-state index in [9.17, 15) is 14.7 Å². The van der Waals surface area contributed by atoms with Crippen LogP contribution in [0.2, 0.25) is 0 Å². The van der Waals surface area contributed by atoms with Gasteiger partial charge in [-0.3, -0.25) is 4.79 Å². The van der Waals surface area contributed by atoms with Gasteiger partial charge in [0.2, 0.25) is 0 Å². The van der Waals surface area contributed by atoms with Crippen LogP contribution in [0.3, 0.4) is 0 Å². The number of ether oxygens (including phenoxy) is 1. The highest BCUT2D eigenvalue weighted by atomic mass is 16.6. The van der Waals surface area contributed by atoms with Crippen molar-refractivity contribution in [3.05, 3.63) is 0 Å². The van der Waals surface area contributed by atoms with Crippen molar-refractivity contribution in [1.29, 1.82) is 0 Å². The standard InChI is InChI=1S/C13H22N2O4/c1-12(2,3)19-11(18)15-7-4-9-13(8-15,10(16)17)5-6-14-9/h9,14H,4-8H2,1-3H3,(H,16,17). The van der Waals surface area contributed by atoms with Crippen LogP contribution in [0.5, 0.6) is 0 Å². The highest BCUT2D eigenvalue weighted by Gasteiger charge is 2.53. The molecular weight excluding hydrogens is 248 g/mol. The Bertz CT molecular complexity index is 391. The van der Waals surface area contributed by atoms with Gasteiger partial charge in [0.1, 0.15) is 11.0 Å². The van der Waals surface area contributed by atoms with Gasteiger partial charge in [0.25, 0.3) is 0 Å². The van der Waals surface area contributed by atoms with Gasteiger partial charge in [0, 0.05) is 19.1 Å². The molecule has 19 heavy (non-hydrogen) atoms. The SMILES string of the molecule is CC(C)(C)OC(=O)N1CCC2NCCC2(C(=O)O)C1. The molecule has 1 amide bonds. The summed E-state index contributed by atoms with van der Waals surface area (Å²) in [6.07, 6.45) is 0.802. The first-order valence-corrected chi connectivity index (χ1v) is 6.69. The number of likely N-dealkylation sites (tertiary alicyclic amines) is 1. The number of fused-ring (bicyclic) bond motifs is 1. The number of carboxylic acids is 1. The first-order valence-electron chi connectivity index (χ1n) is 6.69. The molecule has 0 aromatic rings. The molecule has 0 saturated carbocycles. The lowest BCUT2D eigenvalue weighted by Crippen LogP contribution is -2.57. The topological polar surface area (TPSA) is 78.9 Å².